The van der Waals surface area contributed by atoms with E-state index in [9.17, 15) is 25.0 Å². The SMILES string of the molecule is Cc1c([N+](=O)[O-])cc(NC(=O)c2cnn(C)c2)cc1[N+](=O)[O-]. The van der Waals surface area contributed by atoms with Crippen molar-refractivity contribution in [2.45, 2.75) is 6.92 Å². The van der Waals surface area contributed by atoms with E-state index < -0.39 is 27.1 Å². The van der Waals surface area contributed by atoms with Crippen LogP contribution in [-0.4, -0.2) is 25.5 Å². The molecule has 0 aliphatic heterocycles. The zero-order valence-corrected chi connectivity index (χ0v) is 11.6. The topological polar surface area (TPSA) is 133 Å². The molecule has 0 aliphatic carbocycles. The number of aromatic nitrogens is 2. The maximum absolute atomic E-state index is 12.0. The zero-order valence-electron chi connectivity index (χ0n) is 11.6. The number of nitrogens with one attached hydrogen (secondary N) is 1. The zero-order chi connectivity index (χ0) is 16.4. The van der Waals surface area contributed by atoms with Gasteiger partial charge in [-0.2, -0.15) is 5.10 Å². The second-order valence-corrected chi connectivity index (χ2v) is 4.51. The van der Waals surface area contributed by atoms with Crippen molar-refractivity contribution in [3.8, 4) is 0 Å². The Morgan fingerprint density at radius 1 is 1.23 bits per heavy atom. The van der Waals surface area contributed by atoms with E-state index in [1.54, 1.807) is 7.05 Å². The van der Waals surface area contributed by atoms with Gasteiger partial charge < -0.3 is 5.32 Å². The number of rotatable bonds is 4. The van der Waals surface area contributed by atoms with Gasteiger partial charge >= 0.3 is 0 Å². The highest BCUT2D eigenvalue weighted by molar-refractivity contribution is 6.04. The molecule has 114 valence electrons. The van der Waals surface area contributed by atoms with E-state index in [0.717, 1.165) is 12.1 Å². The fourth-order valence-electron chi connectivity index (χ4n) is 1.88. The van der Waals surface area contributed by atoms with E-state index in [-0.39, 0.29) is 16.8 Å². The smallest absolute Gasteiger partial charge is 0.281 e. The number of amides is 1. The van der Waals surface area contributed by atoms with Crippen molar-refractivity contribution >= 4 is 23.0 Å². The Hall–Kier alpha value is -3.30. The molecule has 0 bridgehead atoms. The van der Waals surface area contributed by atoms with Crippen LogP contribution in [0.5, 0.6) is 0 Å². The molecule has 0 spiro atoms. The minimum Gasteiger partial charge on any atom is -0.321 e. The Kier molecular flexibility index (Phi) is 3.84. The maximum Gasteiger partial charge on any atom is 0.281 e. The number of nitrogens with zero attached hydrogens (tertiary/aromatic N) is 4. The van der Waals surface area contributed by atoms with Gasteiger partial charge in [0, 0.05) is 25.4 Å². The molecule has 1 heterocycles. The summed E-state index contributed by atoms with van der Waals surface area (Å²) in [4.78, 5) is 32.4. The molecule has 1 aromatic heterocycles. The molecule has 1 amide bonds. The molecule has 2 rings (SSSR count). The lowest BCUT2D eigenvalue weighted by atomic mass is 10.1. The summed E-state index contributed by atoms with van der Waals surface area (Å²) in [5.74, 6) is -0.569. The third-order valence-electron chi connectivity index (χ3n) is 2.97. The van der Waals surface area contributed by atoms with E-state index in [2.05, 4.69) is 10.4 Å². The average molecular weight is 305 g/mol. The average Bonchev–Trinajstić information content (AvgIpc) is 2.86. The predicted molar refractivity (Wildman–Crippen MR) is 75.6 cm³/mol. The van der Waals surface area contributed by atoms with E-state index in [1.165, 1.54) is 24.0 Å². The monoisotopic (exact) mass is 305 g/mol. The highest BCUT2D eigenvalue weighted by Crippen LogP contribution is 2.31. The fraction of sp³-hybridized carbons (Fsp3) is 0.167. The van der Waals surface area contributed by atoms with Gasteiger partial charge in [-0.05, 0) is 6.92 Å². The minimum absolute atomic E-state index is 0.0298. The molecule has 1 N–H and O–H groups in total. The van der Waals surface area contributed by atoms with E-state index in [4.69, 9.17) is 0 Å². The van der Waals surface area contributed by atoms with Crippen molar-refractivity contribution in [3.05, 3.63) is 55.9 Å². The number of nitro groups is 2. The van der Waals surface area contributed by atoms with Gasteiger partial charge in [0.05, 0.1) is 27.3 Å². The Labute approximate surface area is 123 Å². The predicted octanol–water partition coefficient (Wildman–Crippen LogP) is 1.80. The minimum atomic E-state index is -0.734. The Bertz CT molecular complexity index is 747. The van der Waals surface area contributed by atoms with Crippen molar-refractivity contribution in [3.63, 3.8) is 0 Å². The number of anilines is 1. The molecule has 0 radical (unpaired) electrons. The summed E-state index contributed by atoms with van der Waals surface area (Å²) in [6, 6.07) is 2.16. The van der Waals surface area contributed by atoms with Gasteiger partial charge in [0.15, 0.2) is 0 Å². The van der Waals surface area contributed by atoms with Crippen LogP contribution in [0.1, 0.15) is 15.9 Å². The summed E-state index contributed by atoms with van der Waals surface area (Å²) >= 11 is 0. The molecule has 0 unspecified atom stereocenters. The summed E-state index contributed by atoms with van der Waals surface area (Å²) < 4.78 is 1.41. The van der Waals surface area contributed by atoms with Crippen molar-refractivity contribution in [1.29, 1.82) is 0 Å². The lowest BCUT2D eigenvalue weighted by Crippen LogP contribution is -2.12. The number of nitro benzene ring substituents is 2. The van der Waals surface area contributed by atoms with Crippen molar-refractivity contribution < 1.29 is 14.6 Å². The third kappa shape index (κ3) is 2.90. The number of carbonyl (C=O) groups is 1. The van der Waals surface area contributed by atoms with Gasteiger partial charge in [0.1, 0.15) is 5.56 Å². The van der Waals surface area contributed by atoms with Crippen molar-refractivity contribution in [2.24, 2.45) is 7.05 Å². The van der Waals surface area contributed by atoms with Crippen molar-refractivity contribution in [2.75, 3.05) is 5.32 Å². The number of carbonyl (C=O) groups excluding carboxylic acids is 1. The van der Waals surface area contributed by atoms with Gasteiger partial charge in [-0.15, -0.1) is 0 Å². The standard InChI is InChI=1S/C12H11N5O5/c1-7-10(16(19)20)3-9(4-11(7)17(21)22)14-12(18)8-5-13-15(2)6-8/h3-6H,1-2H3,(H,14,18). The summed E-state index contributed by atoms with van der Waals surface area (Å²) in [7, 11) is 1.62. The van der Waals surface area contributed by atoms with Crippen LogP contribution in [0.25, 0.3) is 0 Å². The second-order valence-electron chi connectivity index (χ2n) is 4.51. The molecule has 0 fully saturated rings. The molecule has 0 atom stereocenters. The highest BCUT2D eigenvalue weighted by atomic mass is 16.6. The first kappa shape index (κ1) is 15.1. The summed E-state index contributed by atoms with van der Waals surface area (Å²) in [6.07, 6.45) is 2.76. The highest BCUT2D eigenvalue weighted by Gasteiger charge is 2.24. The molecule has 10 heteroatoms. The van der Waals surface area contributed by atoms with Crippen LogP contribution in [0.15, 0.2) is 24.5 Å². The molecule has 0 aliphatic rings. The normalized spacial score (nSPS) is 10.3. The number of aryl methyl sites for hydroxylation is 1. The lowest BCUT2D eigenvalue weighted by molar-refractivity contribution is -0.395. The van der Waals surface area contributed by atoms with Gasteiger partial charge in [-0.25, -0.2) is 0 Å². The van der Waals surface area contributed by atoms with E-state index in [0.29, 0.717) is 0 Å². The lowest BCUT2D eigenvalue weighted by Gasteiger charge is -2.06. The second kappa shape index (κ2) is 5.60. The molecule has 1 aromatic carbocycles. The molecule has 0 saturated carbocycles. The van der Waals surface area contributed by atoms with Crippen molar-refractivity contribution in [1.82, 2.24) is 9.78 Å². The van der Waals surface area contributed by atoms with Gasteiger partial charge in [-0.3, -0.25) is 29.7 Å². The Morgan fingerprint density at radius 2 is 1.77 bits per heavy atom. The van der Waals surface area contributed by atoms with Crippen LogP contribution in [0.4, 0.5) is 17.1 Å². The molecule has 10 nitrogen and oxygen atoms in total. The Balaban J connectivity index is 2.40. The number of benzene rings is 1. The van der Waals surface area contributed by atoms with Gasteiger partial charge in [-0.1, -0.05) is 0 Å². The van der Waals surface area contributed by atoms with Crippen LogP contribution in [0.3, 0.4) is 0 Å². The fourth-order valence-corrected chi connectivity index (χ4v) is 1.88. The largest absolute Gasteiger partial charge is 0.321 e. The molecular weight excluding hydrogens is 294 g/mol. The summed E-state index contributed by atoms with van der Waals surface area (Å²) in [6.45, 7) is 1.28. The van der Waals surface area contributed by atoms with Gasteiger partial charge in [0.25, 0.3) is 17.3 Å². The van der Waals surface area contributed by atoms with Crippen LogP contribution in [0, 0.1) is 27.2 Å². The maximum atomic E-state index is 12.0. The number of hydrogen-bond acceptors (Lipinski definition) is 6. The molecular formula is C12H11N5O5. The quantitative estimate of drug-likeness (QED) is 0.676. The van der Waals surface area contributed by atoms with Crippen LogP contribution < -0.4 is 5.32 Å². The van der Waals surface area contributed by atoms with E-state index >= 15 is 0 Å². The summed E-state index contributed by atoms with van der Waals surface area (Å²) in [5, 5.41) is 28.1. The summed E-state index contributed by atoms with van der Waals surface area (Å²) in [5.41, 5.74) is -0.744. The molecule has 2 aromatic rings. The first-order chi connectivity index (χ1) is 10.3. The third-order valence-corrected chi connectivity index (χ3v) is 2.97. The van der Waals surface area contributed by atoms with E-state index in [1.807, 2.05) is 0 Å². The molecule has 0 saturated heterocycles. The first-order valence-corrected chi connectivity index (χ1v) is 6.03. The molecule has 22 heavy (non-hydrogen) atoms. The van der Waals surface area contributed by atoms with Crippen LogP contribution >= 0.6 is 0 Å². The first-order valence-electron chi connectivity index (χ1n) is 6.03. The number of hydrogen-bond donors (Lipinski definition) is 1. The Morgan fingerprint density at radius 3 is 2.18 bits per heavy atom. The van der Waals surface area contributed by atoms with Crippen LogP contribution in [-0.2, 0) is 7.05 Å². The van der Waals surface area contributed by atoms with Crippen LogP contribution in [0.2, 0.25) is 0 Å². The van der Waals surface area contributed by atoms with Gasteiger partial charge in [0.2, 0.25) is 0 Å².